The fourth-order valence-corrected chi connectivity index (χ4v) is 2.37. The Bertz CT molecular complexity index is 635. The summed E-state index contributed by atoms with van der Waals surface area (Å²) >= 11 is 0. The van der Waals surface area contributed by atoms with Crippen molar-refractivity contribution in [1.29, 1.82) is 0 Å². The number of nitrogens with one attached hydrogen (secondary N) is 2. The van der Waals surface area contributed by atoms with Crippen LogP contribution in [0.5, 0.6) is 0 Å². The van der Waals surface area contributed by atoms with Gasteiger partial charge in [-0.05, 0) is 24.8 Å². The van der Waals surface area contributed by atoms with Crippen molar-refractivity contribution in [3.8, 4) is 0 Å². The molecular weight excluding hydrogens is 364 g/mol. The quantitative estimate of drug-likeness (QED) is 0.283. The first-order chi connectivity index (χ1) is 13.5. The molecule has 2 amide bonds. The van der Waals surface area contributed by atoms with Gasteiger partial charge in [0, 0.05) is 6.54 Å². The molecule has 0 fully saturated rings. The number of carbonyl (C=O) groups excluding carboxylic acids is 3. The van der Waals surface area contributed by atoms with E-state index < -0.39 is 30.1 Å². The van der Waals surface area contributed by atoms with Crippen molar-refractivity contribution in [2.75, 3.05) is 13.7 Å². The maximum atomic E-state index is 12.0. The Morgan fingerprint density at radius 3 is 2.61 bits per heavy atom. The van der Waals surface area contributed by atoms with E-state index in [4.69, 9.17) is 4.74 Å². The van der Waals surface area contributed by atoms with Crippen molar-refractivity contribution in [1.82, 2.24) is 10.6 Å². The van der Waals surface area contributed by atoms with E-state index in [0.717, 1.165) is 5.56 Å². The lowest BCUT2D eigenvalue weighted by molar-refractivity contribution is -0.145. The molecule has 0 aliphatic carbocycles. The van der Waals surface area contributed by atoms with Crippen LogP contribution in [0.3, 0.4) is 0 Å². The molecule has 0 aromatic heterocycles. The number of amides is 2. The predicted octanol–water partition coefficient (Wildman–Crippen LogP) is 1.68. The number of esters is 1. The lowest BCUT2D eigenvalue weighted by atomic mass is 10.1. The molecule has 0 saturated carbocycles. The number of unbranched alkanes of at least 4 members (excludes halogenated alkanes) is 1. The standard InChI is InChI=1S/C20H28N2O6/c1-3-4-6-11-17(19(25)27-2)22-18(24)12-16(23)13-21-20(26)28-14-15-9-7-5-8-10-15/h3,5,7-10,16-17,23H,1,4,6,11-14H2,2H3,(H,21,26)(H,22,24)/t16-,17-/m0/s1. The van der Waals surface area contributed by atoms with Gasteiger partial charge in [0.25, 0.3) is 0 Å². The third-order valence-electron chi connectivity index (χ3n) is 3.84. The van der Waals surface area contributed by atoms with Gasteiger partial charge in [-0.3, -0.25) is 4.79 Å². The van der Waals surface area contributed by atoms with Crippen LogP contribution in [-0.4, -0.2) is 48.9 Å². The summed E-state index contributed by atoms with van der Waals surface area (Å²) in [4.78, 5) is 35.4. The van der Waals surface area contributed by atoms with Gasteiger partial charge in [-0.1, -0.05) is 36.4 Å². The zero-order valence-electron chi connectivity index (χ0n) is 16.1. The average Bonchev–Trinajstić information content (AvgIpc) is 2.70. The molecule has 154 valence electrons. The van der Waals surface area contributed by atoms with Gasteiger partial charge in [0.1, 0.15) is 12.6 Å². The SMILES string of the molecule is C=CCCC[C@H](NC(=O)C[C@H](O)CNC(=O)OCc1ccccc1)C(=O)OC. The molecule has 3 N–H and O–H groups in total. The van der Waals surface area contributed by atoms with E-state index in [0.29, 0.717) is 19.3 Å². The smallest absolute Gasteiger partial charge is 0.407 e. The minimum absolute atomic E-state index is 0.106. The molecule has 8 nitrogen and oxygen atoms in total. The monoisotopic (exact) mass is 392 g/mol. The van der Waals surface area contributed by atoms with Crippen molar-refractivity contribution in [2.24, 2.45) is 0 Å². The molecule has 1 rings (SSSR count). The second-order valence-corrected chi connectivity index (χ2v) is 6.16. The van der Waals surface area contributed by atoms with Crippen LogP contribution in [0.1, 0.15) is 31.2 Å². The van der Waals surface area contributed by atoms with Gasteiger partial charge in [0.15, 0.2) is 0 Å². The second-order valence-electron chi connectivity index (χ2n) is 6.16. The lowest BCUT2D eigenvalue weighted by Crippen LogP contribution is -2.43. The summed E-state index contributed by atoms with van der Waals surface area (Å²) < 4.78 is 9.69. The van der Waals surface area contributed by atoms with Crippen LogP contribution in [0, 0.1) is 0 Å². The van der Waals surface area contributed by atoms with Gasteiger partial charge in [-0.2, -0.15) is 0 Å². The molecule has 0 unspecified atom stereocenters. The fraction of sp³-hybridized carbons (Fsp3) is 0.450. The Morgan fingerprint density at radius 2 is 1.96 bits per heavy atom. The Hall–Kier alpha value is -2.87. The number of ether oxygens (including phenoxy) is 2. The highest BCUT2D eigenvalue weighted by atomic mass is 16.5. The maximum Gasteiger partial charge on any atom is 0.407 e. The number of aliphatic hydroxyl groups is 1. The van der Waals surface area contributed by atoms with Crippen molar-refractivity contribution < 1.29 is 29.0 Å². The van der Waals surface area contributed by atoms with Crippen LogP contribution < -0.4 is 10.6 Å². The van der Waals surface area contributed by atoms with Gasteiger partial charge in [-0.25, -0.2) is 9.59 Å². The molecule has 8 heteroatoms. The molecule has 0 spiro atoms. The Balaban J connectivity index is 2.32. The highest BCUT2D eigenvalue weighted by Gasteiger charge is 2.22. The molecule has 0 aliphatic heterocycles. The van der Waals surface area contributed by atoms with Gasteiger partial charge >= 0.3 is 12.1 Å². The summed E-state index contributed by atoms with van der Waals surface area (Å²) in [7, 11) is 1.24. The number of alkyl carbamates (subject to hydrolysis) is 1. The largest absolute Gasteiger partial charge is 0.467 e. The van der Waals surface area contributed by atoms with E-state index in [2.05, 4.69) is 21.9 Å². The summed E-state index contributed by atoms with van der Waals surface area (Å²) in [6.45, 7) is 3.56. The highest BCUT2D eigenvalue weighted by molar-refractivity contribution is 5.84. The number of carbonyl (C=O) groups is 3. The van der Waals surface area contributed by atoms with E-state index in [1.54, 1.807) is 6.08 Å². The van der Waals surface area contributed by atoms with E-state index in [1.165, 1.54) is 7.11 Å². The number of hydrogen-bond acceptors (Lipinski definition) is 6. The first-order valence-electron chi connectivity index (χ1n) is 9.07. The Kier molecular flexibility index (Phi) is 11.0. The van der Waals surface area contributed by atoms with Crippen LogP contribution >= 0.6 is 0 Å². The predicted molar refractivity (Wildman–Crippen MR) is 103 cm³/mol. The molecule has 0 aliphatic rings. The summed E-state index contributed by atoms with van der Waals surface area (Å²) in [5.74, 6) is -1.06. The molecule has 0 radical (unpaired) electrons. The van der Waals surface area contributed by atoms with Gasteiger partial charge in [0.05, 0.1) is 19.6 Å². The summed E-state index contributed by atoms with van der Waals surface area (Å²) in [5.41, 5.74) is 0.836. The van der Waals surface area contributed by atoms with Crippen molar-refractivity contribution in [2.45, 2.75) is 44.4 Å². The fourth-order valence-electron chi connectivity index (χ4n) is 2.37. The molecule has 1 aromatic rings. The molecular formula is C20H28N2O6. The first-order valence-corrected chi connectivity index (χ1v) is 9.07. The van der Waals surface area contributed by atoms with Gasteiger partial charge < -0.3 is 25.2 Å². The molecule has 0 heterocycles. The van der Waals surface area contributed by atoms with Crippen molar-refractivity contribution in [3.63, 3.8) is 0 Å². The van der Waals surface area contributed by atoms with E-state index in [-0.39, 0.29) is 19.6 Å². The normalized spacial score (nSPS) is 12.4. The third kappa shape index (κ3) is 9.72. The van der Waals surface area contributed by atoms with Crippen molar-refractivity contribution >= 4 is 18.0 Å². The average molecular weight is 392 g/mol. The molecule has 0 bridgehead atoms. The third-order valence-corrected chi connectivity index (χ3v) is 3.84. The van der Waals surface area contributed by atoms with Gasteiger partial charge in [0.2, 0.25) is 5.91 Å². The molecule has 28 heavy (non-hydrogen) atoms. The zero-order chi connectivity index (χ0) is 20.8. The van der Waals surface area contributed by atoms with Gasteiger partial charge in [-0.15, -0.1) is 6.58 Å². The Labute approximate surface area is 164 Å². The first kappa shape index (κ1) is 23.2. The Morgan fingerprint density at radius 1 is 1.25 bits per heavy atom. The van der Waals surface area contributed by atoms with Crippen LogP contribution in [-0.2, 0) is 25.7 Å². The van der Waals surface area contributed by atoms with Crippen LogP contribution in [0.4, 0.5) is 4.79 Å². The number of methoxy groups -OCH3 is 1. The summed E-state index contributed by atoms with van der Waals surface area (Å²) in [5, 5.41) is 14.8. The second kappa shape index (κ2) is 13.3. The highest BCUT2D eigenvalue weighted by Crippen LogP contribution is 2.05. The number of rotatable bonds is 12. The maximum absolute atomic E-state index is 12.0. The van der Waals surface area contributed by atoms with E-state index >= 15 is 0 Å². The zero-order valence-corrected chi connectivity index (χ0v) is 16.1. The topological polar surface area (TPSA) is 114 Å². The van der Waals surface area contributed by atoms with Crippen LogP contribution in [0.25, 0.3) is 0 Å². The number of aliphatic hydroxyl groups excluding tert-OH is 1. The van der Waals surface area contributed by atoms with Crippen molar-refractivity contribution in [3.05, 3.63) is 48.6 Å². The van der Waals surface area contributed by atoms with Crippen LogP contribution in [0.15, 0.2) is 43.0 Å². The molecule has 2 atom stereocenters. The minimum atomic E-state index is -1.12. The number of hydrogen-bond donors (Lipinski definition) is 3. The number of allylic oxidation sites excluding steroid dienone is 1. The minimum Gasteiger partial charge on any atom is -0.467 e. The summed E-state index contributed by atoms with van der Waals surface area (Å²) in [6, 6.07) is 8.37. The molecule has 1 aromatic carbocycles. The number of benzene rings is 1. The van der Waals surface area contributed by atoms with E-state index in [9.17, 15) is 19.5 Å². The lowest BCUT2D eigenvalue weighted by Gasteiger charge is -2.17. The van der Waals surface area contributed by atoms with E-state index in [1.807, 2.05) is 30.3 Å². The molecule has 0 saturated heterocycles. The van der Waals surface area contributed by atoms with Crippen LogP contribution in [0.2, 0.25) is 0 Å². The summed E-state index contributed by atoms with van der Waals surface area (Å²) in [6.07, 6.45) is 1.43.